The van der Waals surface area contributed by atoms with Crippen LogP contribution in [0.25, 0.3) is 10.9 Å². The molecule has 6 heteroatoms. The molecule has 1 atom stereocenters. The highest BCUT2D eigenvalue weighted by Gasteiger charge is 2.32. The fourth-order valence-electron chi connectivity index (χ4n) is 3.65. The van der Waals surface area contributed by atoms with Crippen molar-refractivity contribution in [1.29, 1.82) is 5.26 Å². The molecule has 0 bridgehead atoms. The summed E-state index contributed by atoms with van der Waals surface area (Å²) in [5, 5.41) is 21.6. The maximum Gasteiger partial charge on any atom is 0.320 e. The lowest BCUT2D eigenvalue weighted by Gasteiger charge is -2.21. The number of aryl methyl sites for hydroxylation is 3. The summed E-state index contributed by atoms with van der Waals surface area (Å²) < 4.78 is 7.34. The van der Waals surface area contributed by atoms with Gasteiger partial charge in [-0.3, -0.25) is 10.1 Å². The number of nitrogens with zero attached hydrogens (tertiary/aromatic N) is 3. The average molecular weight is 300 g/mol. The van der Waals surface area contributed by atoms with Crippen molar-refractivity contribution in [2.75, 3.05) is 7.11 Å². The SMILES string of the molecule is COc1c(C)cc2c(c(C)c3n2CCC[13CH]3C#N)c1[N+](=O)[O-]. The summed E-state index contributed by atoms with van der Waals surface area (Å²) in [6.07, 6.45) is 1.71. The number of fused-ring (bicyclic) bond motifs is 3. The van der Waals surface area contributed by atoms with Crippen molar-refractivity contribution in [2.45, 2.75) is 39.2 Å². The van der Waals surface area contributed by atoms with Crippen LogP contribution in [0.2, 0.25) is 0 Å². The molecule has 0 saturated carbocycles. The van der Waals surface area contributed by atoms with Crippen LogP contribution in [0.15, 0.2) is 6.07 Å². The molecular formula is C16H17N3O3. The number of hydrogen-bond acceptors (Lipinski definition) is 4. The fraction of sp³-hybridized carbons (Fsp3) is 0.438. The van der Waals surface area contributed by atoms with Gasteiger partial charge in [-0.05, 0) is 38.3 Å². The van der Waals surface area contributed by atoms with Crippen LogP contribution in [-0.2, 0) is 6.54 Å². The van der Waals surface area contributed by atoms with Crippen LogP contribution in [0.3, 0.4) is 0 Å². The topological polar surface area (TPSA) is 81.1 Å². The molecule has 1 aromatic heterocycles. The number of rotatable bonds is 2. The Labute approximate surface area is 128 Å². The predicted molar refractivity (Wildman–Crippen MR) is 82.2 cm³/mol. The van der Waals surface area contributed by atoms with Gasteiger partial charge in [0.15, 0.2) is 0 Å². The minimum Gasteiger partial charge on any atom is -0.490 e. The van der Waals surface area contributed by atoms with Crippen molar-refractivity contribution in [3.05, 3.63) is 33.0 Å². The monoisotopic (exact) mass is 300 g/mol. The number of nitro groups is 1. The molecule has 0 amide bonds. The van der Waals surface area contributed by atoms with E-state index in [4.69, 9.17) is 4.74 Å². The van der Waals surface area contributed by atoms with E-state index in [0.717, 1.165) is 41.7 Å². The quantitative estimate of drug-likeness (QED) is 0.482. The summed E-state index contributed by atoms with van der Waals surface area (Å²) in [7, 11) is 1.45. The van der Waals surface area contributed by atoms with E-state index in [2.05, 4.69) is 10.6 Å². The molecule has 0 N–H and O–H groups in total. The average Bonchev–Trinajstić information content (AvgIpc) is 2.78. The van der Waals surface area contributed by atoms with E-state index in [1.165, 1.54) is 7.11 Å². The Bertz CT molecular complexity index is 830. The minimum atomic E-state index is -0.380. The first-order chi connectivity index (χ1) is 10.5. The highest BCUT2D eigenvalue weighted by molar-refractivity contribution is 5.97. The highest BCUT2D eigenvalue weighted by Crippen LogP contribution is 2.45. The Morgan fingerprint density at radius 3 is 2.82 bits per heavy atom. The van der Waals surface area contributed by atoms with Crippen molar-refractivity contribution in [3.63, 3.8) is 0 Å². The van der Waals surface area contributed by atoms with Gasteiger partial charge in [0.1, 0.15) is 0 Å². The van der Waals surface area contributed by atoms with Gasteiger partial charge in [0, 0.05) is 17.8 Å². The van der Waals surface area contributed by atoms with Gasteiger partial charge in [0.2, 0.25) is 5.75 Å². The number of nitro benzene ring substituents is 1. The van der Waals surface area contributed by atoms with Gasteiger partial charge in [0.25, 0.3) is 0 Å². The van der Waals surface area contributed by atoms with Gasteiger partial charge in [-0.15, -0.1) is 0 Å². The van der Waals surface area contributed by atoms with Gasteiger partial charge in [0.05, 0.1) is 34.9 Å². The van der Waals surface area contributed by atoms with Gasteiger partial charge in [-0.25, -0.2) is 0 Å². The summed E-state index contributed by atoms with van der Waals surface area (Å²) in [6, 6.07) is 4.26. The van der Waals surface area contributed by atoms with Crippen molar-refractivity contribution in [2.24, 2.45) is 0 Å². The first-order valence-corrected chi connectivity index (χ1v) is 7.25. The van der Waals surface area contributed by atoms with E-state index in [0.29, 0.717) is 11.1 Å². The Morgan fingerprint density at radius 2 is 2.23 bits per heavy atom. The van der Waals surface area contributed by atoms with Crippen molar-refractivity contribution < 1.29 is 9.66 Å². The third-order valence-electron chi connectivity index (χ3n) is 4.51. The molecule has 0 aliphatic carbocycles. The lowest BCUT2D eigenvalue weighted by Crippen LogP contribution is -2.14. The van der Waals surface area contributed by atoms with Crippen LogP contribution in [-0.4, -0.2) is 16.6 Å². The number of benzene rings is 1. The molecule has 1 aliphatic rings. The van der Waals surface area contributed by atoms with Crippen molar-refractivity contribution >= 4 is 16.6 Å². The number of aromatic nitrogens is 1. The van der Waals surface area contributed by atoms with Gasteiger partial charge in [-0.1, -0.05) is 0 Å². The van der Waals surface area contributed by atoms with E-state index in [9.17, 15) is 15.4 Å². The largest absolute Gasteiger partial charge is 0.490 e. The van der Waals surface area contributed by atoms with Crippen LogP contribution in [0.5, 0.6) is 5.75 Å². The van der Waals surface area contributed by atoms with Crippen molar-refractivity contribution in [3.8, 4) is 11.8 Å². The Morgan fingerprint density at radius 1 is 1.50 bits per heavy atom. The van der Waals surface area contributed by atoms with Crippen LogP contribution in [0.4, 0.5) is 5.69 Å². The van der Waals surface area contributed by atoms with Gasteiger partial charge >= 0.3 is 5.69 Å². The molecule has 0 fully saturated rings. The van der Waals surface area contributed by atoms with E-state index in [1.807, 2.05) is 19.9 Å². The number of methoxy groups -OCH3 is 1. The van der Waals surface area contributed by atoms with Gasteiger partial charge in [-0.2, -0.15) is 5.26 Å². The normalized spacial score (nSPS) is 17.1. The van der Waals surface area contributed by atoms with Crippen LogP contribution >= 0.6 is 0 Å². The smallest absolute Gasteiger partial charge is 0.320 e. The molecule has 1 aromatic carbocycles. The molecule has 1 unspecified atom stereocenters. The van der Waals surface area contributed by atoms with E-state index >= 15 is 0 Å². The zero-order chi connectivity index (χ0) is 16.0. The standard InChI is InChI=1S/C16H17N3O3/c1-9-7-12-13(15(19(20)21)16(9)22-3)10(2)14-11(8-17)5-4-6-18(12)14/h7,11H,4-6H2,1-3H3/i11+1. The second-order valence-corrected chi connectivity index (χ2v) is 5.71. The van der Waals surface area contributed by atoms with Gasteiger partial charge < -0.3 is 9.30 Å². The molecule has 2 aromatic rings. The number of hydrogen-bond donors (Lipinski definition) is 0. The summed E-state index contributed by atoms with van der Waals surface area (Å²) >= 11 is 0. The molecule has 1 aliphatic heterocycles. The zero-order valence-corrected chi connectivity index (χ0v) is 12.8. The second-order valence-electron chi connectivity index (χ2n) is 5.71. The second kappa shape index (κ2) is 5.02. The summed E-state index contributed by atoms with van der Waals surface area (Å²) in [5.41, 5.74) is 3.32. The van der Waals surface area contributed by atoms with Crippen molar-refractivity contribution in [1.82, 2.24) is 4.57 Å². The molecule has 0 saturated heterocycles. The van der Waals surface area contributed by atoms with Crippen LogP contribution in [0, 0.1) is 35.3 Å². The summed E-state index contributed by atoms with van der Waals surface area (Å²) in [6.45, 7) is 4.47. The maximum atomic E-state index is 11.6. The molecule has 3 rings (SSSR count). The molecular weight excluding hydrogens is 283 g/mol. The van der Waals surface area contributed by atoms with Crippen LogP contribution in [0.1, 0.15) is 35.6 Å². The lowest BCUT2D eigenvalue weighted by atomic mass is 10.1. The fourth-order valence-corrected chi connectivity index (χ4v) is 3.65. The predicted octanol–water partition coefficient (Wildman–Crippen LogP) is 3.58. The third kappa shape index (κ3) is 1.78. The molecule has 22 heavy (non-hydrogen) atoms. The Balaban J connectivity index is 2.49. The molecule has 2 heterocycles. The maximum absolute atomic E-state index is 11.6. The van der Waals surface area contributed by atoms with E-state index < -0.39 is 0 Å². The number of nitriles is 1. The highest BCUT2D eigenvalue weighted by atomic mass is 16.6. The van der Waals surface area contributed by atoms with E-state index in [-0.39, 0.29) is 16.5 Å². The lowest BCUT2D eigenvalue weighted by molar-refractivity contribution is -0.384. The zero-order valence-electron chi connectivity index (χ0n) is 12.8. The summed E-state index contributed by atoms with van der Waals surface area (Å²) in [5.74, 6) is 0.101. The molecule has 114 valence electrons. The van der Waals surface area contributed by atoms with Crippen LogP contribution < -0.4 is 4.74 Å². The first kappa shape index (κ1) is 14.4. The molecule has 0 spiro atoms. The third-order valence-corrected chi connectivity index (χ3v) is 4.51. The Kier molecular flexibility index (Phi) is 3.28. The first-order valence-electron chi connectivity index (χ1n) is 7.25. The molecule has 6 nitrogen and oxygen atoms in total. The Hall–Kier alpha value is -2.55. The van der Waals surface area contributed by atoms with E-state index in [1.54, 1.807) is 0 Å². The number of ether oxygens (including phenoxy) is 1. The minimum absolute atomic E-state index is 0.00795. The molecule has 0 radical (unpaired) electrons. The summed E-state index contributed by atoms with van der Waals surface area (Å²) in [4.78, 5) is 11.2.